The number of nitrogens with one attached hydrogen (secondary N) is 1. The fraction of sp³-hybridized carbons (Fsp3) is 0.400. The van der Waals surface area contributed by atoms with Crippen molar-refractivity contribution < 1.29 is 9.53 Å². The van der Waals surface area contributed by atoms with Gasteiger partial charge in [0, 0.05) is 26.2 Å². The molecule has 0 unspecified atom stereocenters. The third-order valence-corrected chi connectivity index (χ3v) is 3.56. The molecule has 0 bridgehead atoms. The van der Waals surface area contributed by atoms with E-state index in [1.807, 2.05) is 30.3 Å². The van der Waals surface area contributed by atoms with Gasteiger partial charge in [-0.15, -0.1) is 5.10 Å². The largest absolute Gasteiger partial charge is 0.379 e. The van der Waals surface area contributed by atoms with E-state index in [0.29, 0.717) is 12.2 Å². The lowest BCUT2D eigenvalue weighted by atomic mass is 10.3. The summed E-state index contributed by atoms with van der Waals surface area (Å²) in [5.41, 5.74) is 1.20. The van der Waals surface area contributed by atoms with E-state index in [4.69, 9.17) is 4.74 Å². The number of carbonyl (C=O) groups excluding carboxylic acids is 1. The molecule has 0 atom stereocenters. The smallest absolute Gasteiger partial charge is 0.273 e. The lowest BCUT2D eigenvalue weighted by Crippen LogP contribution is -2.41. The van der Waals surface area contributed by atoms with E-state index < -0.39 is 0 Å². The van der Waals surface area contributed by atoms with Gasteiger partial charge in [0.15, 0.2) is 5.69 Å². The van der Waals surface area contributed by atoms with Crippen molar-refractivity contribution in [1.82, 2.24) is 25.2 Å². The van der Waals surface area contributed by atoms with Crippen LogP contribution < -0.4 is 5.32 Å². The molecule has 2 heterocycles. The zero-order valence-electron chi connectivity index (χ0n) is 12.3. The molecular formula is C15H19N5O2. The van der Waals surface area contributed by atoms with Crippen molar-refractivity contribution in [2.24, 2.45) is 0 Å². The van der Waals surface area contributed by atoms with Gasteiger partial charge in [-0.1, -0.05) is 23.4 Å². The minimum Gasteiger partial charge on any atom is -0.379 e. The van der Waals surface area contributed by atoms with Gasteiger partial charge in [-0.2, -0.15) is 0 Å². The quantitative estimate of drug-likeness (QED) is 0.861. The van der Waals surface area contributed by atoms with Gasteiger partial charge in [-0.3, -0.25) is 9.69 Å². The number of carbonyl (C=O) groups is 1. The monoisotopic (exact) mass is 301 g/mol. The van der Waals surface area contributed by atoms with Crippen molar-refractivity contribution in [3.63, 3.8) is 0 Å². The molecule has 22 heavy (non-hydrogen) atoms. The average Bonchev–Trinajstić information content (AvgIpc) is 3.07. The first-order valence-corrected chi connectivity index (χ1v) is 7.39. The Labute approximate surface area is 128 Å². The van der Waals surface area contributed by atoms with Gasteiger partial charge in [0.25, 0.3) is 5.91 Å². The molecule has 1 saturated heterocycles. The third-order valence-electron chi connectivity index (χ3n) is 3.56. The van der Waals surface area contributed by atoms with Crippen LogP contribution in [0.5, 0.6) is 0 Å². The maximum absolute atomic E-state index is 12.1. The molecule has 1 aliphatic heterocycles. The van der Waals surface area contributed by atoms with Gasteiger partial charge in [0.05, 0.1) is 25.1 Å². The number of para-hydroxylation sites is 1. The summed E-state index contributed by atoms with van der Waals surface area (Å²) in [6, 6.07) is 9.58. The van der Waals surface area contributed by atoms with Crippen LogP contribution in [0.25, 0.3) is 5.69 Å². The molecule has 1 aromatic carbocycles. The molecule has 1 N–H and O–H groups in total. The molecule has 116 valence electrons. The van der Waals surface area contributed by atoms with Crippen LogP contribution in [0, 0.1) is 0 Å². The predicted octanol–water partition coefficient (Wildman–Crippen LogP) is 0.329. The first-order chi connectivity index (χ1) is 10.8. The Morgan fingerprint density at radius 2 is 2.00 bits per heavy atom. The zero-order chi connectivity index (χ0) is 15.2. The standard InChI is InChI=1S/C15H19N5O2/c21-15(16-6-7-19-8-10-22-11-9-19)14-12-20(18-17-14)13-4-2-1-3-5-13/h1-5,12H,6-11H2,(H,16,21). The molecule has 7 nitrogen and oxygen atoms in total. The summed E-state index contributed by atoms with van der Waals surface area (Å²) in [5, 5.41) is 10.8. The summed E-state index contributed by atoms with van der Waals surface area (Å²) in [7, 11) is 0. The van der Waals surface area contributed by atoms with Crippen LogP contribution in [0.15, 0.2) is 36.5 Å². The van der Waals surface area contributed by atoms with Crippen LogP contribution in [0.2, 0.25) is 0 Å². The number of nitrogens with zero attached hydrogens (tertiary/aromatic N) is 4. The number of hydrogen-bond acceptors (Lipinski definition) is 5. The van der Waals surface area contributed by atoms with Crippen LogP contribution in [-0.2, 0) is 4.74 Å². The van der Waals surface area contributed by atoms with Crippen LogP contribution in [-0.4, -0.2) is 65.2 Å². The summed E-state index contributed by atoms with van der Waals surface area (Å²) in [6.45, 7) is 4.78. The Kier molecular flexibility index (Phi) is 4.77. The predicted molar refractivity (Wildman–Crippen MR) is 81.0 cm³/mol. The highest BCUT2D eigenvalue weighted by molar-refractivity contribution is 5.91. The van der Waals surface area contributed by atoms with Gasteiger partial charge in [-0.05, 0) is 12.1 Å². The molecule has 0 radical (unpaired) electrons. The van der Waals surface area contributed by atoms with E-state index in [1.54, 1.807) is 10.9 Å². The minimum atomic E-state index is -0.199. The molecule has 0 aliphatic carbocycles. The van der Waals surface area contributed by atoms with Crippen molar-refractivity contribution >= 4 is 5.91 Å². The maximum atomic E-state index is 12.1. The second-order valence-corrected chi connectivity index (χ2v) is 5.09. The van der Waals surface area contributed by atoms with Crippen LogP contribution in [0.1, 0.15) is 10.5 Å². The van der Waals surface area contributed by atoms with E-state index in [2.05, 4.69) is 20.5 Å². The van der Waals surface area contributed by atoms with E-state index in [9.17, 15) is 4.79 Å². The number of rotatable bonds is 5. The van der Waals surface area contributed by atoms with Crippen LogP contribution >= 0.6 is 0 Å². The first kappa shape index (κ1) is 14.7. The van der Waals surface area contributed by atoms with Crippen molar-refractivity contribution in [3.8, 4) is 5.69 Å². The van der Waals surface area contributed by atoms with Gasteiger partial charge < -0.3 is 10.1 Å². The molecule has 2 aromatic rings. The third kappa shape index (κ3) is 3.69. The Hall–Kier alpha value is -2.25. The molecule has 0 spiro atoms. The van der Waals surface area contributed by atoms with Crippen LogP contribution in [0.3, 0.4) is 0 Å². The summed E-state index contributed by atoms with van der Waals surface area (Å²) in [6.07, 6.45) is 1.64. The summed E-state index contributed by atoms with van der Waals surface area (Å²) < 4.78 is 6.89. The molecule has 1 amide bonds. The topological polar surface area (TPSA) is 72.3 Å². The number of benzene rings is 1. The van der Waals surface area contributed by atoms with Crippen LogP contribution in [0.4, 0.5) is 0 Å². The highest BCUT2D eigenvalue weighted by atomic mass is 16.5. The average molecular weight is 301 g/mol. The molecule has 1 fully saturated rings. The van der Waals surface area contributed by atoms with Crippen molar-refractivity contribution in [2.75, 3.05) is 39.4 Å². The number of aromatic nitrogens is 3. The molecular weight excluding hydrogens is 282 g/mol. The molecule has 1 aliphatic rings. The number of morpholine rings is 1. The molecule has 1 aromatic heterocycles. The van der Waals surface area contributed by atoms with E-state index in [1.165, 1.54) is 0 Å². The highest BCUT2D eigenvalue weighted by Gasteiger charge is 2.13. The summed E-state index contributed by atoms with van der Waals surface area (Å²) >= 11 is 0. The fourth-order valence-corrected chi connectivity index (χ4v) is 2.32. The second-order valence-electron chi connectivity index (χ2n) is 5.09. The number of hydrogen-bond donors (Lipinski definition) is 1. The van der Waals surface area contributed by atoms with Gasteiger partial charge in [0.1, 0.15) is 0 Å². The summed E-state index contributed by atoms with van der Waals surface area (Å²) in [5.74, 6) is -0.199. The SMILES string of the molecule is O=C(NCCN1CCOCC1)c1cn(-c2ccccc2)nn1. The normalized spacial score (nSPS) is 15.6. The molecule has 3 rings (SSSR count). The molecule has 0 saturated carbocycles. The lowest BCUT2D eigenvalue weighted by molar-refractivity contribution is 0.0383. The van der Waals surface area contributed by atoms with Gasteiger partial charge >= 0.3 is 0 Å². The Morgan fingerprint density at radius 3 is 2.77 bits per heavy atom. The van der Waals surface area contributed by atoms with E-state index >= 15 is 0 Å². The van der Waals surface area contributed by atoms with Crippen molar-refractivity contribution in [2.45, 2.75) is 0 Å². The minimum absolute atomic E-state index is 0.199. The fourth-order valence-electron chi connectivity index (χ4n) is 2.32. The maximum Gasteiger partial charge on any atom is 0.273 e. The Balaban J connectivity index is 1.51. The summed E-state index contributed by atoms with van der Waals surface area (Å²) in [4.78, 5) is 14.3. The first-order valence-electron chi connectivity index (χ1n) is 7.39. The second kappa shape index (κ2) is 7.15. The zero-order valence-corrected chi connectivity index (χ0v) is 12.3. The van der Waals surface area contributed by atoms with Crippen molar-refractivity contribution in [3.05, 3.63) is 42.2 Å². The van der Waals surface area contributed by atoms with Gasteiger partial charge in [-0.25, -0.2) is 4.68 Å². The Morgan fingerprint density at radius 1 is 1.23 bits per heavy atom. The highest BCUT2D eigenvalue weighted by Crippen LogP contribution is 2.05. The number of amides is 1. The Bertz CT molecular complexity index is 607. The van der Waals surface area contributed by atoms with Gasteiger partial charge in [0.2, 0.25) is 0 Å². The lowest BCUT2D eigenvalue weighted by Gasteiger charge is -2.26. The number of ether oxygens (including phenoxy) is 1. The van der Waals surface area contributed by atoms with E-state index in [-0.39, 0.29) is 5.91 Å². The van der Waals surface area contributed by atoms with E-state index in [0.717, 1.165) is 38.5 Å². The molecule has 7 heteroatoms. The van der Waals surface area contributed by atoms with Crippen molar-refractivity contribution in [1.29, 1.82) is 0 Å².